The van der Waals surface area contributed by atoms with Gasteiger partial charge in [0.15, 0.2) is 0 Å². The molecule has 1 aromatic heterocycles. The number of nitrogens with zero attached hydrogens (tertiary/aromatic N) is 1. The average Bonchev–Trinajstić information content (AvgIpc) is 2.69. The van der Waals surface area contributed by atoms with Crippen LogP contribution in [0.3, 0.4) is 0 Å². The van der Waals surface area contributed by atoms with Crippen molar-refractivity contribution < 1.29 is 0 Å². The van der Waals surface area contributed by atoms with Gasteiger partial charge in [-0.1, -0.05) is 36.4 Å². The topological polar surface area (TPSA) is 12.9 Å². The molecule has 1 aliphatic rings. The van der Waals surface area contributed by atoms with Crippen LogP contribution in [-0.2, 0) is 0 Å². The normalized spacial score (nSPS) is 15.2. The molecule has 0 fully saturated rings. The summed E-state index contributed by atoms with van der Waals surface area (Å²) >= 11 is 0. The van der Waals surface area contributed by atoms with E-state index in [1.807, 2.05) is 18.3 Å². The van der Waals surface area contributed by atoms with Gasteiger partial charge >= 0.3 is 0 Å². The Labute approximate surface area is 78.1 Å². The van der Waals surface area contributed by atoms with E-state index in [-0.39, 0.29) is 0 Å². The SMILES string of the molecule is C1=CCC(/C=C/c2cccnc2)=C1. The van der Waals surface area contributed by atoms with Gasteiger partial charge in [0.2, 0.25) is 0 Å². The molecule has 1 aromatic rings. The van der Waals surface area contributed by atoms with E-state index in [0.717, 1.165) is 12.0 Å². The fourth-order valence-corrected chi connectivity index (χ4v) is 1.27. The van der Waals surface area contributed by atoms with Crippen LogP contribution in [0.15, 0.2) is 54.4 Å². The Balaban J connectivity index is 2.06. The molecule has 2 rings (SSSR count). The first kappa shape index (κ1) is 7.99. The quantitative estimate of drug-likeness (QED) is 0.663. The summed E-state index contributed by atoms with van der Waals surface area (Å²) in [6.07, 6.45) is 15.3. The van der Waals surface area contributed by atoms with Gasteiger partial charge in [0, 0.05) is 12.4 Å². The minimum absolute atomic E-state index is 1.05. The molecular formula is C12H11N. The molecule has 0 radical (unpaired) electrons. The van der Waals surface area contributed by atoms with Crippen LogP contribution in [0.1, 0.15) is 12.0 Å². The molecule has 0 atom stereocenters. The molecule has 0 bridgehead atoms. The highest BCUT2D eigenvalue weighted by atomic mass is 14.6. The minimum atomic E-state index is 1.05. The lowest BCUT2D eigenvalue weighted by Crippen LogP contribution is -1.74. The van der Waals surface area contributed by atoms with E-state index < -0.39 is 0 Å². The van der Waals surface area contributed by atoms with E-state index in [1.54, 1.807) is 6.20 Å². The summed E-state index contributed by atoms with van der Waals surface area (Å²) in [6.45, 7) is 0. The zero-order valence-corrected chi connectivity index (χ0v) is 7.35. The molecule has 0 N–H and O–H groups in total. The largest absolute Gasteiger partial charge is 0.264 e. The van der Waals surface area contributed by atoms with E-state index >= 15 is 0 Å². The van der Waals surface area contributed by atoms with Gasteiger partial charge in [0.1, 0.15) is 0 Å². The molecule has 0 aromatic carbocycles. The third-order valence-corrected chi connectivity index (χ3v) is 1.97. The van der Waals surface area contributed by atoms with Crippen molar-refractivity contribution in [3.63, 3.8) is 0 Å². The lowest BCUT2D eigenvalue weighted by molar-refractivity contribution is 1.31. The predicted molar refractivity (Wildman–Crippen MR) is 55.1 cm³/mol. The molecule has 0 saturated carbocycles. The van der Waals surface area contributed by atoms with Gasteiger partial charge in [-0.05, 0) is 23.6 Å². The lowest BCUT2D eigenvalue weighted by Gasteiger charge is -1.92. The van der Waals surface area contributed by atoms with Crippen LogP contribution < -0.4 is 0 Å². The Bertz CT molecular complexity index is 358. The smallest absolute Gasteiger partial charge is 0.0340 e. The second-order valence-electron chi connectivity index (χ2n) is 2.99. The van der Waals surface area contributed by atoms with Crippen LogP contribution in [-0.4, -0.2) is 4.98 Å². The standard InChI is InChI=1S/C12H11N/c1-2-5-11(4-1)7-8-12-6-3-9-13-10-12/h1-4,6-10H,5H2/b8-7+. The zero-order valence-electron chi connectivity index (χ0n) is 7.35. The lowest BCUT2D eigenvalue weighted by atomic mass is 10.2. The van der Waals surface area contributed by atoms with E-state index in [1.165, 1.54) is 5.57 Å². The molecule has 13 heavy (non-hydrogen) atoms. The van der Waals surface area contributed by atoms with Crippen molar-refractivity contribution in [3.8, 4) is 0 Å². The summed E-state index contributed by atoms with van der Waals surface area (Å²) in [4.78, 5) is 4.04. The fraction of sp³-hybridized carbons (Fsp3) is 0.0833. The predicted octanol–water partition coefficient (Wildman–Crippen LogP) is 2.98. The number of hydrogen-bond acceptors (Lipinski definition) is 1. The molecule has 0 aliphatic heterocycles. The van der Waals surface area contributed by atoms with E-state index in [9.17, 15) is 0 Å². The summed E-state index contributed by atoms with van der Waals surface area (Å²) in [7, 11) is 0. The molecule has 1 heteroatoms. The maximum absolute atomic E-state index is 4.04. The zero-order chi connectivity index (χ0) is 8.93. The van der Waals surface area contributed by atoms with Crippen molar-refractivity contribution in [2.24, 2.45) is 0 Å². The van der Waals surface area contributed by atoms with Gasteiger partial charge in [-0.3, -0.25) is 4.98 Å². The first-order chi connectivity index (χ1) is 6.45. The van der Waals surface area contributed by atoms with Gasteiger partial charge in [0.05, 0.1) is 0 Å². The Morgan fingerprint density at radius 1 is 1.31 bits per heavy atom. The van der Waals surface area contributed by atoms with Crippen LogP contribution in [0.4, 0.5) is 0 Å². The third kappa shape index (κ3) is 2.15. The van der Waals surface area contributed by atoms with Gasteiger partial charge in [0.25, 0.3) is 0 Å². The number of pyridine rings is 1. The van der Waals surface area contributed by atoms with E-state index in [4.69, 9.17) is 0 Å². The number of aromatic nitrogens is 1. The fourth-order valence-electron chi connectivity index (χ4n) is 1.27. The molecule has 1 aliphatic carbocycles. The Morgan fingerprint density at radius 2 is 2.31 bits per heavy atom. The Morgan fingerprint density at radius 3 is 3.00 bits per heavy atom. The molecule has 0 saturated heterocycles. The van der Waals surface area contributed by atoms with Crippen molar-refractivity contribution in [2.75, 3.05) is 0 Å². The maximum Gasteiger partial charge on any atom is 0.0340 e. The number of hydrogen-bond donors (Lipinski definition) is 0. The van der Waals surface area contributed by atoms with Gasteiger partial charge in [-0.25, -0.2) is 0 Å². The molecule has 0 unspecified atom stereocenters. The number of rotatable bonds is 2. The molecular weight excluding hydrogens is 158 g/mol. The molecule has 0 spiro atoms. The first-order valence-electron chi connectivity index (χ1n) is 4.39. The van der Waals surface area contributed by atoms with Crippen molar-refractivity contribution >= 4 is 6.08 Å². The Kier molecular flexibility index (Phi) is 2.37. The molecule has 64 valence electrons. The molecule has 0 amide bonds. The van der Waals surface area contributed by atoms with Crippen molar-refractivity contribution in [2.45, 2.75) is 6.42 Å². The van der Waals surface area contributed by atoms with E-state index in [2.05, 4.69) is 35.4 Å². The maximum atomic E-state index is 4.04. The van der Waals surface area contributed by atoms with Crippen molar-refractivity contribution in [3.05, 3.63) is 60.0 Å². The summed E-state index contributed by atoms with van der Waals surface area (Å²) in [5.74, 6) is 0. The highest BCUT2D eigenvalue weighted by Gasteiger charge is 1.92. The van der Waals surface area contributed by atoms with Crippen molar-refractivity contribution in [1.29, 1.82) is 0 Å². The summed E-state index contributed by atoms with van der Waals surface area (Å²) in [6, 6.07) is 3.99. The second-order valence-corrected chi connectivity index (χ2v) is 2.99. The molecule has 1 heterocycles. The monoisotopic (exact) mass is 169 g/mol. The summed E-state index contributed by atoms with van der Waals surface area (Å²) in [5.41, 5.74) is 2.50. The second kappa shape index (κ2) is 3.85. The van der Waals surface area contributed by atoms with Crippen LogP contribution in [0.25, 0.3) is 6.08 Å². The van der Waals surface area contributed by atoms with Gasteiger partial charge in [-0.2, -0.15) is 0 Å². The van der Waals surface area contributed by atoms with Crippen LogP contribution in [0, 0.1) is 0 Å². The van der Waals surface area contributed by atoms with E-state index in [0.29, 0.717) is 0 Å². The minimum Gasteiger partial charge on any atom is -0.264 e. The third-order valence-electron chi connectivity index (χ3n) is 1.97. The van der Waals surface area contributed by atoms with Crippen molar-refractivity contribution in [1.82, 2.24) is 4.98 Å². The number of allylic oxidation sites excluding steroid dienone is 5. The Hall–Kier alpha value is -1.63. The van der Waals surface area contributed by atoms with Gasteiger partial charge in [-0.15, -0.1) is 0 Å². The van der Waals surface area contributed by atoms with Crippen LogP contribution >= 0.6 is 0 Å². The average molecular weight is 169 g/mol. The van der Waals surface area contributed by atoms with Gasteiger partial charge < -0.3 is 0 Å². The first-order valence-corrected chi connectivity index (χ1v) is 4.39. The summed E-state index contributed by atoms with van der Waals surface area (Å²) < 4.78 is 0. The van der Waals surface area contributed by atoms with Crippen LogP contribution in [0.5, 0.6) is 0 Å². The highest BCUT2D eigenvalue weighted by Crippen LogP contribution is 2.13. The molecule has 1 nitrogen and oxygen atoms in total. The van der Waals surface area contributed by atoms with Crippen LogP contribution in [0.2, 0.25) is 0 Å². The highest BCUT2D eigenvalue weighted by molar-refractivity contribution is 5.53. The summed E-state index contributed by atoms with van der Waals surface area (Å²) in [5, 5.41) is 0.